The van der Waals surface area contributed by atoms with E-state index in [1.165, 1.54) is 0 Å². The molecule has 0 aliphatic carbocycles. The van der Waals surface area contributed by atoms with E-state index in [9.17, 15) is 4.79 Å². The average molecular weight is 291 g/mol. The predicted octanol–water partition coefficient (Wildman–Crippen LogP) is 1.91. The zero-order chi connectivity index (χ0) is 15.7. The van der Waals surface area contributed by atoms with Crippen LogP contribution in [0.1, 0.15) is 24.2 Å². The van der Waals surface area contributed by atoms with Crippen molar-refractivity contribution in [3.8, 4) is 5.75 Å². The smallest absolute Gasteiger partial charge is 0.251 e. The summed E-state index contributed by atoms with van der Waals surface area (Å²) in [4.78, 5) is 14.3. The maximum Gasteiger partial charge on any atom is 0.251 e. The van der Waals surface area contributed by atoms with Gasteiger partial charge in [-0.1, -0.05) is 26.5 Å². The quantitative estimate of drug-likeness (QED) is 0.539. The summed E-state index contributed by atoms with van der Waals surface area (Å²) in [5.41, 5.74) is 6.86. The highest BCUT2D eigenvalue weighted by atomic mass is 16.5. The highest BCUT2D eigenvalue weighted by Gasteiger charge is 2.09. The molecule has 1 aromatic rings. The molecule has 0 atom stereocenters. The maximum atomic E-state index is 12.1. The van der Waals surface area contributed by atoms with Crippen LogP contribution in [0.2, 0.25) is 0 Å². The van der Waals surface area contributed by atoms with E-state index in [0.29, 0.717) is 30.2 Å². The second kappa shape index (κ2) is 9.02. The zero-order valence-corrected chi connectivity index (χ0v) is 12.9. The summed E-state index contributed by atoms with van der Waals surface area (Å²) in [7, 11) is 0. The first-order chi connectivity index (χ1) is 10.1. The number of carbonyl (C=O) groups excluding carboxylic acids is 1. The molecule has 5 heteroatoms. The Morgan fingerprint density at radius 3 is 2.76 bits per heavy atom. The highest BCUT2D eigenvalue weighted by Crippen LogP contribution is 2.22. The Bertz CT molecular complexity index is 471. The Morgan fingerprint density at radius 2 is 2.14 bits per heavy atom. The minimum Gasteiger partial charge on any atom is -0.487 e. The van der Waals surface area contributed by atoms with Crippen molar-refractivity contribution in [1.29, 1.82) is 0 Å². The average Bonchev–Trinajstić information content (AvgIpc) is 2.50. The number of ether oxygens (including phenoxy) is 1. The molecular formula is C16H25N3O2. The zero-order valence-electron chi connectivity index (χ0n) is 12.9. The van der Waals surface area contributed by atoms with E-state index < -0.39 is 0 Å². The van der Waals surface area contributed by atoms with Gasteiger partial charge in [-0.05, 0) is 31.3 Å². The van der Waals surface area contributed by atoms with Crippen LogP contribution >= 0.6 is 0 Å². The van der Waals surface area contributed by atoms with Gasteiger partial charge in [0.15, 0.2) is 0 Å². The van der Waals surface area contributed by atoms with Gasteiger partial charge in [-0.25, -0.2) is 0 Å². The standard InChI is InChI=1S/C16H25N3O2/c1-4-11-21-15-12-13(7-8-14(15)17)16(20)18-9-10-19(5-2)6-3/h4,7-8,12H,1,5-6,9-11,17H2,2-3H3,(H,18,20). The number of anilines is 1. The lowest BCUT2D eigenvalue weighted by Crippen LogP contribution is -2.34. The molecule has 1 rings (SSSR count). The first-order valence-corrected chi connectivity index (χ1v) is 7.26. The number of nitrogens with one attached hydrogen (secondary N) is 1. The largest absolute Gasteiger partial charge is 0.487 e. The molecule has 116 valence electrons. The van der Waals surface area contributed by atoms with Crippen molar-refractivity contribution < 1.29 is 9.53 Å². The summed E-state index contributed by atoms with van der Waals surface area (Å²) in [5.74, 6) is 0.386. The van der Waals surface area contributed by atoms with Crippen LogP contribution in [0.15, 0.2) is 30.9 Å². The number of hydrogen-bond acceptors (Lipinski definition) is 4. The summed E-state index contributed by atoms with van der Waals surface area (Å²) in [6, 6.07) is 5.03. The first kappa shape index (κ1) is 17.0. The van der Waals surface area contributed by atoms with Gasteiger partial charge in [-0.2, -0.15) is 0 Å². The molecule has 21 heavy (non-hydrogen) atoms. The summed E-state index contributed by atoms with van der Waals surface area (Å²) in [5, 5.41) is 2.90. The summed E-state index contributed by atoms with van der Waals surface area (Å²) in [6.07, 6.45) is 1.64. The van der Waals surface area contributed by atoms with Crippen LogP contribution in [0.3, 0.4) is 0 Å². The lowest BCUT2D eigenvalue weighted by molar-refractivity contribution is 0.0948. The van der Waals surface area contributed by atoms with Gasteiger partial charge < -0.3 is 20.7 Å². The van der Waals surface area contributed by atoms with Crippen molar-refractivity contribution in [3.05, 3.63) is 36.4 Å². The van der Waals surface area contributed by atoms with Crippen LogP contribution < -0.4 is 15.8 Å². The van der Waals surface area contributed by atoms with E-state index in [4.69, 9.17) is 10.5 Å². The van der Waals surface area contributed by atoms with E-state index in [-0.39, 0.29) is 5.91 Å². The monoisotopic (exact) mass is 291 g/mol. The molecule has 1 aromatic carbocycles. The molecule has 0 aromatic heterocycles. The van der Waals surface area contributed by atoms with Gasteiger partial charge in [-0.3, -0.25) is 4.79 Å². The fraction of sp³-hybridized carbons (Fsp3) is 0.438. The minimum absolute atomic E-state index is 0.120. The third kappa shape index (κ3) is 5.47. The molecule has 0 bridgehead atoms. The van der Waals surface area contributed by atoms with Crippen LogP contribution in [0, 0.1) is 0 Å². The van der Waals surface area contributed by atoms with E-state index in [2.05, 4.69) is 30.6 Å². The lowest BCUT2D eigenvalue weighted by Gasteiger charge is -2.18. The van der Waals surface area contributed by atoms with Crippen LogP contribution in [0.4, 0.5) is 5.69 Å². The Morgan fingerprint density at radius 1 is 1.43 bits per heavy atom. The molecule has 0 unspecified atom stereocenters. The number of nitrogen functional groups attached to an aromatic ring is 1. The molecule has 0 fully saturated rings. The fourth-order valence-corrected chi connectivity index (χ4v) is 1.92. The number of nitrogens with two attached hydrogens (primary N) is 1. The first-order valence-electron chi connectivity index (χ1n) is 7.26. The molecule has 1 amide bonds. The number of benzene rings is 1. The van der Waals surface area contributed by atoms with Crippen LogP contribution in [0.25, 0.3) is 0 Å². The topological polar surface area (TPSA) is 67.6 Å². The number of hydrogen-bond donors (Lipinski definition) is 2. The van der Waals surface area contributed by atoms with Gasteiger partial charge in [-0.15, -0.1) is 0 Å². The third-order valence-corrected chi connectivity index (χ3v) is 3.24. The molecule has 0 heterocycles. The van der Waals surface area contributed by atoms with Crippen molar-refractivity contribution >= 4 is 11.6 Å². The Balaban J connectivity index is 2.59. The normalized spacial score (nSPS) is 10.4. The molecule has 0 spiro atoms. The summed E-state index contributed by atoms with van der Waals surface area (Å²) < 4.78 is 5.42. The predicted molar refractivity (Wildman–Crippen MR) is 86.7 cm³/mol. The Kier molecular flexibility index (Phi) is 7.32. The number of carbonyl (C=O) groups is 1. The van der Waals surface area contributed by atoms with E-state index in [1.54, 1.807) is 24.3 Å². The molecule has 0 aliphatic heterocycles. The van der Waals surface area contributed by atoms with Crippen LogP contribution in [-0.4, -0.2) is 43.6 Å². The van der Waals surface area contributed by atoms with E-state index >= 15 is 0 Å². The minimum atomic E-state index is -0.120. The van der Waals surface area contributed by atoms with Gasteiger partial charge in [0.2, 0.25) is 0 Å². The van der Waals surface area contributed by atoms with Gasteiger partial charge in [0.25, 0.3) is 5.91 Å². The van der Waals surface area contributed by atoms with Gasteiger partial charge in [0.05, 0.1) is 5.69 Å². The number of nitrogens with zero attached hydrogens (tertiary/aromatic N) is 1. The summed E-state index contributed by atoms with van der Waals surface area (Å²) in [6.45, 7) is 11.6. The van der Waals surface area contributed by atoms with Crippen molar-refractivity contribution in [1.82, 2.24) is 10.2 Å². The van der Waals surface area contributed by atoms with Gasteiger partial charge >= 0.3 is 0 Å². The second-order valence-electron chi connectivity index (χ2n) is 4.64. The highest BCUT2D eigenvalue weighted by molar-refractivity contribution is 5.95. The number of rotatable bonds is 9. The second-order valence-corrected chi connectivity index (χ2v) is 4.64. The summed E-state index contributed by atoms with van der Waals surface area (Å²) >= 11 is 0. The molecule has 3 N–H and O–H groups in total. The Hall–Kier alpha value is -2.01. The molecule has 5 nitrogen and oxygen atoms in total. The number of likely N-dealkylation sites (N-methyl/N-ethyl adjacent to an activating group) is 1. The Labute approximate surface area is 126 Å². The van der Waals surface area contributed by atoms with Gasteiger partial charge in [0, 0.05) is 18.7 Å². The molecule has 0 radical (unpaired) electrons. The third-order valence-electron chi connectivity index (χ3n) is 3.24. The van der Waals surface area contributed by atoms with E-state index in [1.807, 2.05) is 0 Å². The van der Waals surface area contributed by atoms with Gasteiger partial charge in [0.1, 0.15) is 12.4 Å². The van der Waals surface area contributed by atoms with Crippen LogP contribution in [-0.2, 0) is 0 Å². The SMILES string of the molecule is C=CCOc1cc(C(=O)NCCN(CC)CC)ccc1N. The fourth-order valence-electron chi connectivity index (χ4n) is 1.92. The maximum absolute atomic E-state index is 12.1. The van der Waals surface area contributed by atoms with Crippen molar-refractivity contribution in [2.75, 3.05) is 38.5 Å². The molecule has 0 saturated heterocycles. The number of amides is 1. The van der Waals surface area contributed by atoms with Crippen LogP contribution in [0.5, 0.6) is 5.75 Å². The van der Waals surface area contributed by atoms with E-state index in [0.717, 1.165) is 19.6 Å². The molecular weight excluding hydrogens is 266 g/mol. The van der Waals surface area contributed by atoms with Crippen molar-refractivity contribution in [2.24, 2.45) is 0 Å². The molecule has 0 saturated carbocycles. The van der Waals surface area contributed by atoms with Crippen molar-refractivity contribution in [2.45, 2.75) is 13.8 Å². The van der Waals surface area contributed by atoms with Crippen molar-refractivity contribution in [3.63, 3.8) is 0 Å². The molecule has 0 aliphatic rings. The lowest BCUT2D eigenvalue weighted by atomic mass is 10.2.